The van der Waals surface area contributed by atoms with Crippen LogP contribution in [0.5, 0.6) is 5.75 Å². The Morgan fingerprint density at radius 1 is 1.04 bits per heavy atom. The number of para-hydroxylation sites is 1. The summed E-state index contributed by atoms with van der Waals surface area (Å²) in [6.07, 6.45) is 0. The van der Waals surface area contributed by atoms with Gasteiger partial charge in [-0.3, -0.25) is 0 Å². The predicted octanol–water partition coefficient (Wildman–Crippen LogP) is 0.526. The Bertz CT molecular complexity index is 853. The molecule has 0 aliphatic carbocycles. The lowest BCUT2D eigenvalue weighted by Gasteiger charge is -2.31. The largest absolute Gasteiger partial charge is 0.488 e. The lowest BCUT2D eigenvalue weighted by molar-refractivity contribution is -0.903. The molecular formula is C19H22N3O3S+. The number of nitrogens with one attached hydrogen (secondary N) is 1. The lowest BCUT2D eigenvalue weighted by Crippen LogP contribution is -3.15. The first-order valence-electron chi connectivity index (χ1n) is 8.61. The Morgan fingerprint density at radius 2 is 1.69 bits per heavy atom. The van der Waals surface area contributed by atoms with Crippen LogP contribution in [0.4, 0.5) is 0 Å². The maximum atomic E-state index is 12.7. The van der Waals surface area contributed by atoms with Crippen LogP contribution in [-0.2, 0) is 10.0 Å². The molecule has 0 radical (unpaired) electrons. The van der Waals surface area contributed by atoms with Gasteiger partial charge in [0.2, 0.25) is 10.0 Å². The Balaban J connectivity index is 1.50. The highest BCUT2D eigenvalue weighted by Gasteiger charge is 2.30. The van der Waals surface area contributed by atoms with Crippen LogP contribution in [0.1, 0.15) is 5.56 Å². The van der Waals surface area contributed by atoms with Crippen molar-refractivity contribution in [3.05, 3.63) is 60.2 Å². The normalized spacial score (nSPS) is 16.1. The lowest BCUT2D eigenvalue weighted by atomic mass is 10.2. The quantitative estimate of drug-likeness (QED) is 0.803. The number of nitrogens with zero attached hydrogens (tertiary/aromatic N) is 2. The fourth-order valence-corrected chi connectivity index (χ4v) is 4.41. The van der Waals surface area contributed by atoms with Crippen LogP contribution in [0.15, 0.2) is 59.5 Å². The standard InChI is InChI=1S/C19H21N3O3S/c20-16-17-6-8-19(9-7-17)26(23,24)22-12-10-21(11-13-22)14-15-25-18-4-2-1-3-5-18/h1-9H,10-15H2/p+1. The second-order valence-corrected chi connectivity index (χ2v) is 8.14. The fraction of sp³-hybridized carbons (Fsp3) is 0.316. The van der Waals surface area contributed by atoms with Gasteiger partial charge in [0.15, 0.2) is 0 Å². The van der Waals surface area contributed by atoms with E-state index in [0.717, 1.165) is 25.4 Å². The van der Waals surface area contributed by atoms with Gasteiger partial charge in [-0.1, -0.05) is 18.2 Å². The molecule has 1 fully saturated rings. The first kappa shape index (κ1) is 18.4. The summed E-state index contributed by atoms with van der Waals surface area (Å²) in [5, 5.41) is 8.83. The van der Waals surface area contributed by atoms with Crippen molar-refractivity contribution >= 4 is 10.0 Å². The van der Waals surface area contributed by atoms with Crippen LogP contribution < -0.4 is 9.64 Å². The van der Waals surface area contributed by atoms with Gasteiger partial charge < -0.3 is 9.64 Å². The number of hydrogen-bond acceptors (Lipinski definition) is 4. The number of sulfonamides is 1. The molecule has 1 saturated heterocycles. The first-order valence-corrected chi connectivity index (χ1v) is 10.1. The van der Waals surface area contributed by atoms with Gasteiger partial charge in [0, 0.05) is 0 Å². The van der Waals surface area contributed by atoms with Crippen molar-refractivity contribution in [2.24, 2.45) is 0 Å². The van der Waals surface area contributed by atoms with Gasteiger partial charge in [-0.2, -0.15) is 9.57 Å². The van der Waals surface area contributed by atoms with Gasteiger partial charge in [-0.25, -0.2) is 8.42 Å². The van der Waals surface area contributed by atoms with E-state index in [9.17, 15) is 8.42 Å². The van der Waals surface area contributed by atoms with E-state index in [4.69, 9.17) is 10.00 Å². The highest BCUT2D eigenvalue weighted by Crippen LogP contribution is 2.16. The van der Waals surface area contributed by atoms with E-state index in [1.807, 2.05) is 36.4 Å². The molecular weight excluding hydrogens is 350 g/mol. The summed E-state index contributed by atoms with van der Waals surface area (Å²) in [5.41, 5.74) is 0.455. The highest BCUT2D eigenvalue weighted by molar-refractivity contribution is 7.89. The molecule has 0 saturated carbocycles. The third kappa shape index (κ3) is 4.41. The Hall–Kier alpha value is -2.40. The summed E-state index contributed by atoms with van der Waals surface area (Å²) >= 11 is 0. The van der Waals surface area contributed by atoms with Crippen LogP contribution >= 0.6 is 0 Å². The van der Waals surface area contributed by atoms with Gasteiger partial charge in [-0.15, -0.1) is 0 Å². The third-order valence-corrected chi connectivity index (χ3v) is 6.43. The molecule has 1 heterocycles. The Kier molecular flexibility index (Phi) is 5.89. The zero-order chi connectivity index (χ0) is 18.4. The highest BCUT2D eigenvalue weighted by atomic mass is 32.2. The van der Waals surface area contributed by atoms with E-state index in [0.29, 0.717) is 25.3 Å². The molecule has 1 aliphatic heterocycles. The van der Waals surface area contributed by atoms with Crippen LogP contribution in [-0.4, -0.2) is 52.1 Å². The summed E-state index contributed by atoms with van der Waals surface area (Å²) in [4.78, 5) is 1.58. The molecule has 1 aliphatic rings. The SMILES string of the molecule is N#Cc1ccc(S(=O)(=O)N2CC[NH+](CCOc3ccccc3)CC2)cc1. The fourth-order valence-electron chi connectivity index (χ4n) is 2.97. The first-order chi connectivity index (χ1) is 12.6. The molecule has 6 nitrogen and oxygen atoms in total. The molecule has 0 unspecified atom stereocenters. The zero-order valence-electron chi connectivity index (χ0n) is 14.5. The minimum absolute atomic E-state index is 0.243. The van der Waals surface area contributed by atoms with Gasteiger partial charge in [0.05, 0.1) is 42.7 Å². The Morgan fingerprint density at radius 3 is 2.31 bits per heavy atom. The molecule has 136 valence electrons. The van der Waals surface area contributed by atoms with Gasteiger partial charge >= 0.3 is 0 Å². The maximum Gasteiger partial charge on any atom is 0.243 e. The topological polar surface area (TPSA) is 74.8 Å². The molecule has 1 N–H and O–H groups in total. The summed E-state index contributed by atoms with van der Waals surface area (Å²) in [6.45, 7) is 3.95. The number of ether oxygens (including phenoxy) is 1. The van der Waals surface area contributed by atoms with Crippen molar-refractivity contribution in [2.45, 2.75) is 4.90 Å². The maximum absolute atomic E-state index is 12.7. The van der Waals surface area contributed by atoms with Crippen molar-refractivity contribution in [1.29, 1.82) is 5.26 Å². The van der Waals surface area contributed by atoms with Crippen LogP contribution in [0.3, 0.4) is 0 Å². The van der Waals surface area contributed by atoms with Crippen molar-refractivity contribution < 1.29 is 18.1 Å². The minimum atomic E-state index is -3.49. The average Bonchev–Trinajstić information content (AvgIpc) is 2.69. The molecule has 26 heavy (non-hydrogen) atoms. The van der Waals surface area contributed by atoms with E-state index >= 15 is 0 Å². The molecule has 0 bridgehead atoms. The second-order valence-electron chi connectivity index (χ2n) is 6.20. The molecule has 2 aromatic carbocycles. The van der Waals surface area contributed by atoms with Crippen molar-refractivity contribution in [2.75, 3.05) is 39.3 Å². The van der Waals surface area contributed by atoms with E-state index < -0.39 is 10.0 Å². The molecule has 3 rings (SSSR count). The number of quaternary nitrogens is 1. The third-order valence-electron chi connectivity index (χ3n) is 4.52. The van der Waals surface area contributed by atoms with E-state index in [2.05, 4.69) is 0 Å². The number of hydrogen-bond donors (Lipinski definition) is 1. The van der Waals surface area contributed by atoms with E-state index in [1.165, 1.54) is 33.5 Å². The average molecular weight is 372 g/mol. The van der Waals surface area contributed by atoms with Crippen molar-refractivity contribution in [3.63, 3.8) is 0 Å². The Labute approximate surface area is 154 Å². The minimum Gasteiger partial charge on any atom is -0.488 e. The predicted molar refractivity (Wildman–Crippen MR) is 97.4 cm³/mol. The number of piperazine rings is 1. The monoisotopic (exact) mass is 372 g/mol. The number of nitriles is 1. The number of benzene rings is 2. The van der Waals surface area contributed by atoms with Crippen molar-refractivity contribution in [3.8, 4) is 11.8 Å². The molecule has 0 atom stereocenters. The summed E-state index contributed by atoms with van der Waals surface area (Å²) < 4.78 is 32.6. The van der Waals surface area contributed by atoms with Gasteiger partial charge in [0.25, 0.3) is 0 Å². The van der Waals surface area contributed by atoms with Crippen LogP contribution in [0, 0.1) is 11.3 Å². The second kappa shape index (κ2) is 8.32. The molecule has 7 heteroatoms. The summed E-state index contributed by atoms with van der Waals surface area (Å²) in [7, 11) is -3.49. The smallest absolute Gasteiger partial charge is 0.243 e. The zero-order valence-corrected chi connectivity index (χ0v) is 15.3. The summed E-state index contributed by atoms with van der Waals surface area (Å²) in [5.74, 6) is 0.855. The molecule has 0 spiro atoms. The summed E-state index contributed by atoms with van der Waals surface area (Å²) in [6, 6.07) is 17.8. The molecule has 2 aromatic rings. The van der Waals surface area contributed by atoms with Gasteiger partial charge in [0.1, 0.15) is 18.9 Å². The van der Waals surface area contributed by atoms with E-state index in [1.54, 1.807) is 0 Å². The van der Waals surface area contributed by atoms with Gasteiger partial charge in [-0.05, 0) is 36.4 Å². The van der Waals surface area contributed by atoms with Crippen LogP contribution in [0.2, 0.25) is 0 Å². The van der Waals surface area contributed by atoms with Crippen molar-refractivity contribution in [1.82, 2.24) is 4.31 Å². The molecule has 0 amide bonds. The number of rotatable bonds is 6. The van der Waals surface area contributed by atoms with Crippen LogP contribution in [0.25, 0.3) is 0 Å². The molecule has 0 aromatic heterocycles. The van der Waals surface area contributed by atoms with E-state index in [-0.39, 0.29) is 4.90 Å².